The number of hydrogen-bond acceptors (Lipinski definition) is 3. The number of ether oxygens (including phenoxy) is 1. The van der Waals surface area contributed by atoms with Gasteiger partial charge in [-0.15, -0.1) is 11.6 Å². The maximum atomic E-state index is 10.5. The minimum absolute atomic E-state index is 0.247. The number of carbonyl (C=O) groups excluding carboxylic acids is 1. The standard InChI is InChI=1S/C5H10ClNO2/c1-7-4-5(8)9-3-2-6/h7H,2-4H2,1H3. The second kappa shape index (κ2) is 5.85. The van der Waals surface area contributed by atoms with E-state index in [1.165, 1.54) is 0 Å². The van der Waals surface area contributed by atoms with Crippen LogP contribution in [0.4, 0.5) is 0 Å². The van der Waals surface area contributed by atoms with E-state index in [0.29, 0.717) is 12.5 Å². The molecule has 0 aliphatic rings. The molecule has 0 spiro atoms. The predicted molar refractivity (Wildman–Crippen MR) is 35.6 cm³/mol. The van der Waals surface area contributed by atoms with E-state index >= 15 is 0 Å². The molecule has 0 amide bonds. The molecule has 0 aromatic heterocycles. The number of likely N-dealkylation sites (N-methyl/N-ethyl adjacent to an activating group) is 1. The van der Waals surface area contributed by atoms with Crippen LogP contribution in [0.3, 0.4) is 0 Å². The summed E-state index contributed by atoms with van der Waals surface area (Å²) in [5.41, 5.74) is 0. The first-order valence-electron chi connectivity index (χ1n) is 2.67. The fourth-order valence-electron chi connectivity index (χ4n) is 0.348. The molecule has 0 aliphatic heterocycles. The van der Waals surface area contributed by atoms with Crippen LogP contribution in [0.15, 0.2) is 0 Å². The lowest BCUT2D eigenvalue weighted by atomic mass is 10.6. The van der Waals surface area contributed by atoms with E-state index in [1.54, 1.807) is 7.05 Å². The fourth-order valence-corrected chi connectivity index (χ4v) is 0.425. The summed E-state index contributed by atoms with van der Waals surface area (Å²) in [6.45, 7) is 0.541. The first-order valence-corrected chi connectivity index (χ1v) is 3.21. The number of hydrogen-bond donors (Lipinski definition) is 1. The summed E-state index contributed by atoms with van der Waals surface area (Å²) >= 11 is 5.25. The third-order valence-electron chi connectivity index (χ3n) is 0.661. The Kier molecular flexibility index (Phi) is 5.67. The van der Waals surface area contributed by atoms with E-state index < -0.39 is 0 Å². The van der Waals surface area contributed by atoms with Crippen molar-refractivity contribution in [2.45, 2.75) is 0 Å². The number of nitrogens with one attached hydrogen (secondary N) is 1. The Labute approximate surface area is 59.3 Å². The van der Waals surface area contributed by atoms with Gasteiger partial charge in [-0.2, -0.15) is 0 Å². The van der Waals surface area contributed by atoms with Gasteiger partial charge < -0.3 is 10.1 Å². The number of carbonyl (C=O) groups is 1. The van der Waals surface area contributed by atoms with E-state index in [0.717, 1.165) is 0 Å². The second-order valence-electron chi connectivity index (χ2n) is 1.44. The van der Waals surface area contributed by atoms with Crippen LogP contribution in [-0.2, 0) is 9.53 Å². The van der Waals surface area contributed by atoms with Crippen LogP contribution in [0.25, 0.3) is 0 Å². The second-order valence-corrected chi connectivity index (χ2v) is 1.82. The first-order chi connectivity index (χ1) is 4.31. The van der Waals surface area contributed by atoms with E-state index in [9.17, 15) is 4.79 Å². The zero-order valence-corrected chi connectivity index (χ0v) is 6.07. The molecule has 54 valence electrons. The van der Waals surface area contributed by atoms with Gasteiger partial charge in [0.1, 0.15) is 6.61 Å². The van der Waals surface area contributed by atoms with Gasteiger partial charge in [0.05, 0.1) is 12.4 Å². The minimum atomic E-state index is -0.266. The maximum Gasteiger partial charge on any atom is 0.319 e. The largest absolute Gasteiger partial charge is 0.463 e. The van der Waals surface area contributed by atoms with Crippen LogP contribution >= 0.6 is 11.6 Å². The Morgan fingerprint density at radius 3 is 2.89 bits per heavy atom. The van der Waals surface area contributed by atoms with Gasteiger partial charge in [0.25, 0.3) is 0 Å². The molecular weight excluding hydrogens is 142 g/mol. The van der Waals surface area contributed by atoms with E-state index in [4.69, 9.17) is 11.6 Å². The molecular formula is C5H10ClNO2. The molecule has 0 aliphatic carbocycles. The molecule has 3 nitrogen and oxygen atoms in total. The van der Waals surface area contributed by atoms with Crippen molar-refractivity contribution in [2.75, 3.05) is 26.1 Å². The van der Waals surface area contributed by atoms with Gasteiger partial charge in [-0.25, -0.2) is 0 Å². The van der Waals surface area contributed by atoms with Gasteiger partial charge in [-0.05, 0) is 7.05 Å². The quantitative estimate of drug-likeness (QED) is 0.454. The molecule has 0 saturated carbocycles. The molecule has 0 saturated heterocycles. The summed E-state index contributed by atoms with van der Waals surface area (Å²) in [5, 5.41) is 2.66. The van der Waals surface area contributed by atoms with Crippen molar-refractivity contribution >= 4 is 17.6 Å². The highest BCUT2D eigenvalue weighted by atomic mass is 35.5. The summed E-state index contributed by atoms with van der Waals surface area (Å²) in [5.74, 6) is 0.0910. The van der Waals surface area contributed by atoms with Gasteiger partial charge >= 0.3 is 5.97 Å². The molecule has 0 rings (SSSR count). The van der Waals surface area contributed by atoms with Crippen LogP contribution in [-0.4, -0.2) is 32.0 Å². The van der Waals surface area contributed by atoms with Crippen molar-refractivity contribution in [1.82, 2.24) is 5.32 Å². The number of alkyl halides is 1. The number of esters is 1. The average molecular weight is 152 g/mol. The molecule has 0 radical (unpaired) electrons. The zero-order valence-electron chi connectivity index (χ0n) is 5.32. The molecule has 0 bridgehead atoms. The molecule has 0 fully saturated rings. The summed E-state index contributed by atoms with van der Waals surface area (Å²) in [6, 6.07) is 0. The van der Waals surface area contributed by atoms with Crippen molar-refractivity contribution in [2.24, 2.45) is 0 Å². The van der Waals surface area contributed by atoms with Crippen LogP contribution in [0.1, 0.15) is 0 Å². The van der Waals surface area contributed by atoms with Crippen molar-refractivity contribution in [3.63, 3.8) is 0 Å². The zero-order chi connectivity index (χ0) is 7.11. The molecule has 1 N–H and O–H groups in total. The van der Waals surface area contributed by atoms with Gasteiger partial charge in [-0.3, -0.25) is 4.79 Å². The molecule has 0 aromatic rings. The Bertz CT molecular complexity index is 87.0. The summed E-state index contributed by atoms with van der Waals surface area (Å²) in [4.78, 5) is 10.5. The van der Waals surface area contributed by atoms with Gasteiger partial charge in [0, 0.05) is 0 Å². The van der Waals surface area contributed by atoms with E-state index in [2.05, 4.69) is 10.1 Å². The predicted octanol–water partition coefficient (Wildman–Crippen LogP) is -0.0122. The molecule has 0 unspecified atom stereocenters. The van der Waals surface area contributed by atoms with Crippen molar-refractivity contribution in [1.29, 1.82) is 0 Å². The lowest BCUT2D eigenvalue weighted by Gasteiger charge is -1.99. The fraction of sp³-hybridized carbons (Fsp3) is 0.800. The van der Waals surface area contributed by atoms with Gasteiger partial charge in [0.15, 0.2) is 0 Å². The monoisotopic (exact) mass is 151 g/mol. The first kappa shape index (κ1) is 8.72. The van der Waals surface area contributed by atoms with Crippen LogP contribution < -0.4 is 5.32 Å². The van der Waals surface area contributed by atoms with Gasteiger partial charge in [0.2, 0.25) is 0 Å². The SMILES string of the molecule is CNCC(=O)OCCCl. The van der Waals surface area contributed by atoms with Crippen molar-refractivity contribution < 1.29 is 9.53 Å². The smallest absolute Gasteiger partial charge is 0.319 e. The summed E-state index contributed by atoms with van der Waals surface area (Å²) in [7, 11) is 1.68. The lowest BCUT2D eigenvalue weighted by molar-refractivity contribution is -0.141. The van der Waals surface area contributed by atoms with E-state index in [1.807, 2.05) is 0 Å². The molecule has 0 atom stereocenters. The Hall–Kier alpha value is -0.280. The maximum absolute atomic E-state index is 10.5. The highest BCUT2D eigenvalue weighted by Gasteiger charge is 1.96. The van der Waals surface area contributed by atoms with Crippen molar-refractivity contribution in [3.05, 3.63) is 0 Å². The number of halogens is 1. The minimum Gasteiger partial charge on any atom is -0.463 e. The molecule has 9 heavy (non-hydrogen) atoms. The van der Waals surface area contributed by atoms with Crippen LogP contribution in [0, 0.1) is 0 Å². The third kappa shape index (κ3) is 5.59. The van der Waals surface area contributed by atoms with E-state index in [-0.39, 0.29) is 12.5 Å². The highest BCUT2D eigenvalue weighted by molar-refractivity contribution is 6.18. The Morgan fingerprint density at radius 2 is 2.44 bits per heavy atom. The van der Waals surface area contributed by atoms with Gasteiger partial charge in [-0.1, -0.05) is 0 Å². The van der Waals surface area contributed by atoms with Crippen LogP contribution in [0.2, 0.25) is 0 Å². The Balaban J connectivity index is 3.06. The number of rotatable bonds is 4. The molecule has 0 aromatic carbocycles. The molecule has 4 heteroatoms. The van der Waals surface area contributed by atoms with Crippen molar-refractivity contribution in [3.8, 4) is 0 Å². The average Bonchev–Trinajstić information content (AvgIpc) is 1.85. The molecule has 0 heterocycles. The highest BCUT2D eigenvalue weighted by Crippen LogP contribution is 1.78. The topological polar surface area (TPSA) is 38.3 Å². The summed E-state index contributed by atoms with van der Waals surface area (Å²) < 4.78 is 4.60. The normalized spacial score (nSPS) is 9.11. The Morgan fingerprint density at radius 1 is 1.78 bits per heavy atom. The lowest BCUT2D eigenvalue weighted by Crippen LogP contribution is -2.21. The van der Waals surface area contributed by atoms with Crippen LogP contribution in [0.5, 0.6) is 0 Å². The summed E-state index contributed by atoms with van der Waals surface area (Å²) in [6.07, 6.45) is 0. The third-order valence-corrected chi connectivity index (χ3v) is 0.816.